The number of hydrogen-bond acceptors (Lipinski definition) is 6. The molecule has 1 amide bonds. The van der Waals surface area contributed by atoms with E-state index in [4.69, 9.17) is 15.2 Å². The van der Waals surface area contributed by atoms with Gasteiger partial charge in [-0.1, -0.05) is 52.8 Å². The van der Waals surface area contributed by atoms with Crippen LogP contribution < -0.4 is 5.73 Å². The lowest BCUT2D eigenvalue weighted by molar-refractivity contribution is -0.162. The number of cyclic esters (lactones) is 1. The molecular weight excluding hydrogens is 446 g/mol. The number of allylic oxidation sites excluding steroid dienone is 3. The normalized spacial score (nSPS) is 32.8. The Hall–Kier alpha value is -2.15. The quantitative estimate of drug-likeness (QED) is 0.484. The van der Waals surface area contributed by atoms with Crippen LogP contribution >= 0.6 is 0 Å². The summed E-state index contributed by atoms with van der Waals surface area (Å²) in [4.78, 5) is 34.0. The highest BCUT2D eigenvalue weighted by Crippen LogP contribution is 2.45. The van der Waals surface area contributed by atoms with Crippen LogP contribution in [0.15, 0.2) is 23.8 Å². The Labute approximate surface area is 210 Å². The Bertz CT molecular complexity index is 790. The Morgan fingerprint density at radius 1 is 1.23 bits per heavy atom. The van der Waals surface area contributed by atoms with E-state index in [2.05, 4.69) is 32.1 Å². The number of fused-ring (bicyclic) bond motifs is 1. The fraction of sp³-hybridized carbons (Fsp3) is 0.750. The fourth-order valence-corrected chi connectivity index (χ4v) is 5.32. The van der Waals surface area contributed by atoms with Crippen molar-refractivity contribution >= 4 is 17.8 Å². The standard InChI is InChI=1S/C24H36O5.C4H9NO/c1-5-15(3)24(27)29-21-11-14(2)10-17-7-6-16(4)20(23(17)21)9-8-19-12-18(25)13-22(26)28-19;1-2-3-4(5)6/h6-7,10,14-16,18-21,23,25H,5,8-9,11-13H2,1-4H3;2-3H2,1H3,(H2,5,6)/t14-,15-,16-,18+,19-,20-,21-,23-;/m0./s1. The van der Waals surface area contributed by atoms with Crippen LogP contribution in [-0.4, -0.2) is 41.3 Å². The third kappa shape index (κ3) is 8.78. The maximum Gasteiger partial charge on any atom is 0.308 e. The summed E-state index contributed by atoms with van der Waals surface area (Å²) < 4.78 is 11.5. The molecule has 3 aliphatic rings. The van der Waals surface area contributed by atoms with E-state index < -0.39 is 6.10 Å². The second-order valence-electron chi connectivity index (χ2n) is 10.6. The largest absolute Gasteiger partial charge is 0.462 e. The first-order valence-electron chi connectivity index (χ1n) is 13.3. The summed E-state index contributed by atoms with van der Waals surface area (Å²) in [5.74, 6) is 0.544. The van der Waals surface area contributed by atoms with Crippen LogP contribution in [0, 0.1) is 29.6 Å². The number of ether oxygens (including phenoxy) is 2. The molecule has 1 heterocycles. The molecule has 7 heteroatoms. The van der Waals surface area contributed by atoms with Crippen molar-refractivity contribution in [1.82, 2.24) is 0 Å². The Kier molecular flexibility index (Phi) is 11.5. The van der Waals surface area contributed by atoms with Gasteiger partial charge in [0.05, 0.1) is 18.4 Å². The average Bonchev–Trinajstić information content (AvgIpc) is 2.77. The van der Waals surface area contributed by atoms with E-state index in [-0.39, 0.29) is 48.3 Å². The van der Waals surface area contributed by atoms with Gasteiger partial charge in [-0.3, -0.25) is 14.4 Å². The number of aliphatic hydroxyl groups excluding tert-OH is 1. The highest BCUT2D eigenvalue weighted by atomic mass is 16.5. The van der Waals surface area contributed by atoms with E-state index in [0.717, 1.165) is 32.1 Å². The number of carbonyl (C=O) groups excluding carboxylic acids is 3. The number of nitrogens with two attached hydrogens (primary N) is 1. The topological polar surface area (TPSA) is 116 Å². The Balaban J connectivity index is 0.000000641. The van der Waals surface area contributed by atoms with Crippen LogP contribution in [0.3, 0.4) is 0 Å². The van der Waals surface area contributed by atoms with Crippen LogP contribution in [0.4, 0.5) is 0 Å². The minimum Gasteiger partial charge on any atom is -0.462 e. The van der Waals surface area contributed by atoms with Crippen molar-refractivity contribution in [3.05, 3.63) is 23.8 Å². The van der Waals surface area contributed by atoms with Gasteiger partial charge in [0.15, 0.2) is 0 Å². The van der Waals surface area contributed by atoms with Gasteiger partial charge in [-0.25, -0.2) is 0 Å². The summed E-state index contributed by atoms with van der Waals surface area (Å²) >= 11 is 0. The molecule has 1 aliphatic heterocycles. The van der Waals surface area contributed by atoms with Gasteiger partial charge in [-0.15, -0.1) is 0 Å². The van der Waals surface area contributed by atoms with Gasteiger partial charge in [0.25, 0.3) is 0 Å². The van der Waals surface area contributed by atoms with Gasteiger partial charge in [0.1, 0.15) is 12.2 Å². The molecule has 0 unspecified atom stereocenters. The molecule has 0 aromatic rings. The molecule has 35 heavy (non-hydrogen) atoms. The smallest absolute Gasteiger partial charge is 0.308 e. The van der Waals surface area contributed by atoms with Gasteiger partial charge in [-0.05, 0) is 55.4 Å². The van der Waals surface area contributed by atoms with Crippen LogP contribution in [0.5, 0.6) is 0 Å². The monoisotopic (exact) mass is 491 g/mol. The van der Waals surface area contributed by atoms with E-state index in [1.165, 1.54) is 5.57 Å². The van der Waals surface area contributed by atoms with Crippen LogP contribution in [0.2, 0.25) is 0 Å². The lowest BCUT2D eigenvalue weighted by Crippen LogP contribution is -2.42. The molecule has 8 atom stereocenters. The summed E-state index contributed by atoms with van der Waals surface area (Å²) in [5, 5.41) is 9.89. The van der Waals surface area contributed by atoms with Crippen molar-refractivity contribution in [2.45, 2.75) is 104 Å². The second-order valence-corrected chi connectivity index (χ2v) is 10.6. The first kappa shape index (κ1) is 29.1. The zero-order valence-electron chi connectivity index (χ0n) is 22.1. The van der Waals surface area contributed by atoms with Crippen LogP contribution in [0.1, 0.15) is 86.0 Å². The van der Waals surface area contributed by atoms with Crippen molar-refractivity contribution in [2.24, 2.45) is 35.3 Å². The zero-order valence-corrected chi connectivity index (χ0v) is 22.1. The molecule has 3 rings (SSSR count). The maximum atomic E-state index is 12.5. The highest BCUT2D eigenvalue weighted by Gasteiger charge is 2.42. The number of aliphatic hydroxyl groups is 1. The van der Waals surface area contributed by atoms with Crippen molar-refractivity contribution in [1.29, 1.82) is 0 Å². The Morgan fingerprint density at radius 3 is 2.51 bits per heavy atom. The van der Waals surface area contributed by atoms with E-state index in [9.17, 15) is 19.5 Å². The minimum atomic E-state index is -0.597. The van der Waals surface area contributed by atoms with Gasteiger partial charge in [-0.2, -0.15) is 0 Å². The molecule has 0 spiro atoms. The van der Waals surface area contributed by atoms with Crippen molar-refractivity contribution in [2.75, 3.05) is 0 Å². The molecule has 0 aromatic carbocycles. The van der Waals surface area contributed by atoms with Gasteiger partial charge < -0.3 is 20.3 Å². The van der Waals surface area contributed by atoms with Gasteiger partial charge in [0.2, 0.25) is 5.91 Å². The van der Waals surface area contributed by atoms with Crippen molar-refractivity contribution < 1.29 is 29.0 Å². The number of hydrogen-bond donors (Lipinski definition) is 2. The van der Waals surface area contributed by atoms with E-state index >= 15 is 0 Å². The maximum absolute atomic E-state index is 12.5. The molecule has 0 bridgehead atoms. The van der Waals surface area contributed by atoms with Gasteiger partial charge >= 0.3 is 11.9 Å². The molecule has 1 saturated heterocycles. The summed E-state index contributed by atoms with van der Waals surface area (Å²) in [6.07, 6.45) is 11.1. The van der Waals surface area contributed by atoms with Crippen molar-refractivity contribution in [3.63, 3.8) is 0 Å². The minimum absolute atomic E-state index is 0.0854. The van der Waals surface area contributed by atoms with Crippen LogP contribution in [-0.2, 0) is 23.9 Å². The Morgan fingerprint density at radius 2 is 1.94 bits per heavy atom. The lowest BCUT2D eigenvalue weighted by atomic mass is 9.65. The molecule has 0 aromatic heterocycles. The number of primary amides is 1. The first-order valence-corrected chi connectivity index (χ1v) is 13.3. The predicted octanol–water partition coefficient (Wildman–Crippen LogP) is 4.47. The number of carbonyl (C=O) groups is 3. The molecule has 1 fully saturated rings. The van der Waals surface area contributed by atoms with Gasteiger partial charge in [0, 0.05) is 18.8 Å². The molecule has 3 N–H and O–H groups in total. The summed E-state index contributed by atoms with van der Waals surface area (Å²) in [7, 11) is 0. The average molecular weight is 492 g/mol. The molecule has 0 radical (unpaired) electrons. The molecular formula is C28H45NO6. The van der Waals surface area contributed by atoms with E-state index in [0.29, 0.717) is 30.6 Å². The molecule has 2 aliphatic carbocycles. The molecule has 0 saturated carbocycles. The van der Waals surface area contributed by atoms with E-state index in [1.807, 2.05) is 20.8 Å². The van der Waals surface area contributed by atoms with Crippen LogP contribution in [0.25, 0.3) is 0 Å². The predicted molar refractivity (Wildman–Crippen MR) is 135 cm³/mol. The molecule has 7 nitrogen and oxygen atoms in total. The number of esters is 2. The van der Waals surface area contributed by atoms with Crippen molar-refractivity contribution in [3.8, 4) is 0 Å². The molecule has 198 valence electrons. The van der Waals surface area contributed by atoms with E-state index in [1.54, 1.807) is 0 Å². The fourth-order valence-electron chi connectivity index (χ4n) is 5.32. The second kappa shape index (κ2) is 13.8. The number of rotatable bonds is 8. The number of amides is 1. The summed E-state index contributed by atoms with van der Waals surface area (Å²) in [5.41, 5.74) is 6.04. The summed E-state index contributed by atoms with van der Waals surface area (Å²) in [6.45, 7) is 10.2. The lowest BCUT2D eigenvalue weighted by Gasteiger charge is -2.43. The summed E-state index contributed by atoms with van der Waals surface area (Å²) in [6, 6.07) is 0. The zero-order chi connectivity index (χ0) is 26.1. The third-order valence-electron chi connectivity index (χ3n) is 7.43. The third-order valence-corrected chi connectivity index (χ3v) is 7.43. The first-order chi connectivity index (χ1) is 16.5. The highest BCUT2D eigenvalue weighted by molar-refractivity contribution is 5.73. The SMILES string of the molecule is CCCC(N)=O.CC[C@H](C)C(=O)O[C@H]1C[C@@H](C)C=C2C=C[C@H](C)[C@H](CC[C@H]3C[C@@H](O)CC(=O)O3)[C@H]21.